The van der Waals surface area contributed by atoms with Gasteiger partial charge in [0.1, 0.15) is 11.9 Å². The fourth-order valence-electron chi connectivity index (χ4n) is 2.28. The Bertz CT molecular complexity index is 702. The normalized spacial score (nSPS) is 16.8. The van der Waals surface area contributed by atoms with Gasteiger partial charge in [-0.3, -0.25) is 4.79 Å². The number of nitrogens with one attached hydrogen (secondary N) is 2. The summed E-state index contributed by atoms with van der Waals surface area (Å²) in [5.41, 5.74) is 2.64. The Morgan fingerprint density at radius 3 is 2.85 bits per heavy atom. The molecular weight excluding hydrogens is 279 g/mol. The zero-order chi connectivity index (χ0) is 14.3. The lowest BCUT2D eigenvalue weighted by molar-refractivity contribution is -0.116. The number of hydrogen-bond donors (Lipinski definition) is 2. The molecule has 1 aliphatic heterocycles. The largest absolute Gasteiger partial charge is 0.368 e. The fraction of sp³-hybridized carbons (Fsp3) is 0.133. The number of aryl methyl sites for hydroxylation is 1. The van der Waals surface area contributed by atoms with Crippen LogP contribution >= 0.6 is 11.6 Å². The molecule has 20 heavy (non-hydrogen) atoms. The van der Waals surface area contributed by atoms with Gasteiger partial charge in [-0.05, 0) is 42.8 Å². The molecule has 2 aromatic carbocycles. The minimum Gasteiger partial charge on any atom is -0.368 e. The first-order valence-corrected chi connectivity index (χ1v) is 6.55. The number of halogens is 2. The van der Waals surface area contributed by atoms with Gasteiger partial charge in [-0.15, -0.1) is 0 Å². The Balaban J connectivity index is 1.97. The van der Waals surface area contributed by atoms with E-state index in [2.05, 4.69) is 10.6 Å². The van der Waals surface area contributed by atoms with Crippen molar-refractivity contribution < 1.29 is 9.18 Å². The van der Waals surface area contributed by atoms with Crippen molar-refractivity contribution in [3.05, 3.63) is 58.4 Å². The third kappa shape index (κ3) is 2.23. The topological polar surface area (TPSA) is 41.1 Å². The van der Waals surface area contributed by atoms with E-state index >= 15 is 0 Å². The highest BCUT2D eigenvalue weighted by Gasteiger charge is 2.31. The number of anilines is 2. The molecule has 102 valence electrons. The first-order chi connectivity index (χ1) is 9.54. The molecule has 1 unspecified atom stereocenters. The van der Waals surface area contributed by atoms with E-state index < -0.39 is 6.04 Å². The molecule has 1 heterocycles. The third-order valence-electron chi connectivity index (χ3n) is 3.27. The van der Waals surface area contributed by atoms with Gasteiger partial charge >= 0.3 is 0 Å². The molecule has 2 N–H and O–H groups in total. The monoisotopic (exact) mass is 290 g/mol. The molecule has 0 fully saturated rings. The standard InChI is InChI=1S/C15H12ClFN2O/c1-8-2-4-11(17)13(6-8)18-14-10-7-9(16)3-5-12(10)19-15(14)20/h2-7,14,18H,1H3,(H,19,20). The highest BCUT2D eigenvalue weighted by molar-refractivity contribution is 6.31. The molecule has 0 bridgehead atoms. The van der Waals surface area contributed by atoms with Crippen LogP contribution in [0.4, 0.5) is 15.8 Å². The number of benzene rings is 2. The van der Waals surface area contributed by atoms with Gasteiger partial charge in [0, 0.05) is 16.3 Å². The molecule has 0 saturated carbocycles. The van der Waals surface area contributed by atoms with Gasteiger partial charge in [-0.25, -0.2) is 4.39 Å². The molecule has 2 aromatic rings. The van der Waals surface area contributed by atoms with Crippen molar-refractivity contribution in [1.29, 1.82) is 0 Å². The molecule has 3 rings (SSSR count). The summed E-state index contributed by atoms with van der Waals surface area (Å²) in [4.78, 5) is 12.0. The Hall–Kier alpha value is -2.07. The zero-order valence-corrected chi connectivity index (χ0v) is 11.5. The van der Waals surface area contributed by atoms with Crippen molar-refractivity contribution in [1.82, 2.24) is 0 Å². The van der Waals surface area contributed by atoms with Crippen LogP contribution < -0.4 is 10.6 Å². The second kappa shape index (κ2) is 4.80. The molecule has 0 aliphatic carbocycles. The third-order valence-corrected chi connectivity index (χ3v) is 3.50. The van der Waals surface area contributed by atoms with Gasteiger partial charge in [0.15, 0.2) is 0 Å². The van der Waals surface area contributed by atoms with Crippen LogP contribution in [0, 0.1) is 12.7 Å². The molecule has 3 nitrogen and oxygen atoms in total. The summed E-state index contributed by atoms with van der Waals surface area (Å²) < 4.78 is 13.8. The highest BCUT2D eigenvalue weighted by Crippen LogP contribution is 2.35. The number of carbonyl (C=O) groups excluding carboxylic acids is 1. The van der Waals surface area contributed by atoms with E-state index in [0.29, 0.717) is 16.4 Å². The van der Waals surface area contributed by atoms with Crippen molar-refractivity contribution in [2.45, 2.75) is 13.0 Å². The van der Waals surface area contributed by atoms with E-state index in [1.807, 2.05) is 6.92 Å². The van der Waals surface area contributed by atoms with Crippen LogP contribution in [-0.4, -0.2) is 5.91 Å². The van der Waals surface area contributed by atoms with Crippen LogP contribution in [0.1, 0.15) is 17.2 Å². The van der Waals surface area contributed by atoms with Crippen LogP contribution in [-0.2, 0) is 4.79 Å². The van der Waals surface area contributed by atoms with Crippen LogP contribution in [0.3, 0.4) is 0 Å². The number of carbonyl (C=O) groups is 1. The number of rotatable bonds is 2. The number of hydrogen-bond acceptors (Lipinski definition) is 2. The molecule has 1 atom stereocenters. The van der Waals surface area contributed by atoms with E-state index in [1.165, 1.54) is 6.07 Å². The lowest BCUT2D eigenvalue weighted by Crippen LogP contribution is -2.20. The molecule has 0 radical (unpaired) electrons. The zero-order valence-electron chi connectivity index (χ0n) is 10.7. The highest BCUT2D eigenvalue weighted by atomic mass is 35.5. The van der Waals surface area contributed by atoms with Crippen molar-refractivity contribution in [2.24, 2.45) is 0 Å². The Labute approximate surface area is 120 Å². The van der Waals surface area contributed by atoms with Crippen LogP contribution in [0.15, 0.2) is 36.4 Å². The Morgan fingerprint density at radius 1 is 1.25 bits per heavy atom. The van der Waals surface area contributed by atoms with Crippen molar-refractivity contribution >= 4 is 28.9 Å². The smallest absolute Gasteiger partial charge is 0.251 e. The first kappa shape index (κ1) is 12.9. The second-order valence-corrected chi connectivity index (χ2v) is 5.22. The summed E-state index contributed by atoms with van der Waals surface area (Å²) in [7, 11) is 0. The maximum absolute atomic E-state index is 13.8. The Morgan fingerprint density at radius 2 is 2.05 bits per heavy atom. The van der Waals surface area contributed by atoms with Crippen molar-refractivity contribution in [3.63, 3.8) is 0 Å². The van der Waals surface area contributed by atoms with Gasteiger partial charge in [0.2, 0.25) is 0 Å². The number of fused-ring (bicyclic) bond motifs is 1. The van der Waals surface area contributed by atoms with E-state index in [4.69, 9.17) is 11.6 Å². The summed E-state index contributed by atoms with van der Waals surface area (Å²) >= 11 is 5.95. The molecular formula is C15H12ClFN2O. The molecule has 1 amide bonds. The predicted molar refractivity (Wildman–Crippen MR) is 77.6 cm³/mol. The average molecular weight is 291 g/mol. The van der Waals surface area contributed by atoms with E-state index in [9.17, 15) is 9.18 Å². The van der Waals surface area contributed by atoms with Gasteiger partial charge in [0.25, 0.3) is 5.91 Å². The molecule has 0 aromatic heterocycles. The lowest BCUT2D eigenvalue weighted by atomic mass is 10.1. The SMILES string of the molecule is Cc1ccc(F)c(NC2C(=O)Nc3ccc(Cl)cc32)c1. The molecule has 0 spiro atoms. The van der Waals surface area contributed by atoms with Crippen molar-refractivity contribution in [2.75, 3.05) is 10.6 Å². The molecule has 1 aliphatic rings. The van der Waals surface area contributed by atoms with E-state index in [1.54, 1.807) is 30.3 Å². The summed E-state index contributed by atoms with van der Waals surface area (Å²) in [6.07, 6.45) is 0. The van der Waals surface area contributed by atoms with Crippen molar-refractivity contribution in [3.8, 4) is 0 Å². The summed E-state index contributed by atoms with van der Waals surface area (Å²) in [6.45, 7) is 1.87. The summed E-state index contributed by atoms with van der Waals surface area (Å²) in [5, 5.41) is 6.22. The average Bonchev–Trinajstić information content (AvgIpc) is 2.70. The predicted octanol–water partition coefficient (Wildman–Crippen LogP) is 3.89. The molecule has 0 saturated heterocycles. The van der Waals surface area contributed by atoms with Crippen LogP contribution in [0.25, 0.3) is 0 Å². The number of amides is 1. The first-order valence-electron chi connectivity index (χ1n) is 6.17. The summed E-state index contributed by atoms with van der Waals surface area (Å²) in [6, 6.07) is 9.24. The minimum atomic E-state index is -0.639. The molecule has 5 heteroatoms. The lowest BCUT2D eigenvalue weighted by Gasteiger charge is -2.14. The quantitative estimate of drug-likeness (QED) is 0.881. The van der Waals surface area contributed by atoms with Gasteiger partial charge in [-0.2, -0.15) is 0 Å². The van der Waals surface area contributed by atoms with Gasteiger partial charge < -0.3 is 10.6 Å². The van der Waals surface area contributed by atoms with E-state index in [0.717, 1.165) is 11.1 Å². The maximum atomic E-state index is 13.8. The van der Waals surface area contributed by atoms with Gasteiger partial charge in [0.05, 0.1) is 5.69 Å². The van der Waals surface area contributed by atoms with E-state index in [-0.39, 0.29) is 11.7 Å². The van der Waals surface area contributed by atoms with Crippen LogP contribution in [0.5, 0.6) is 0 Å². The summed E-state index contributed by atoms with van der Waals surface area (Å²) in [5.74, 6) is -0.609. The van der Waals surface area contributed by atoms with Gasteiger partial charge in [-0.1, -0.05) is 17.7 Å². The minimum absolute atomic E-state index is 0.219. The Kier molecular flexibility index (Phi) is 3.10. The van der Waals surface area contributed by atoms with Crippen LogP contribution in [0.2, 0.25) is 5.02 Å². The fourth-order valence-corrected chi connectivity index (χ4v) is 2.46. The maximum Gasteiger partial charge on any atom is 0.251 e. The second-order valence-electron chi connectivity index (χ2n) is 4.78.